The van der Waals surface area contributed by atoms with Crippen molar-refractivity contribution in [2.24, 2.45) is 13.0 Å². The number of rotatable bonds is 5. The lowest BCUT2D eigenvalue weighted by molar-refractivity contribution is -0.167. The number of aromatic nitrogens is 2. The molecule has 31 heavy (non-hydrogen) atoms. The van der Waals surface area contributed by atoms with E-state index < -0.39 is 28.0 Å². The van der Waals surface area contributed by atoms with E-state index in [2.05, 4.69) is 4.98 Å². The number of sulfonamides is 1. The smallest absolute Gasteiger partial charge is 0.309 e. The van der Waals surface area contributed by atoms with E-state index in [0.29, 0.717) is 31.8 Å². The lowest BCUT2D eigenvalue weighted by Crippen LogP contribution is -2.51. The molecule has 0 saturated carbocycles. The minimum atomic E-state index is -3.70. The summed E-state index contributed by atoms with van der Waals surface area (Å²) in [6.07, 6.45) is 1.16. The quantitative estimate of drug-likeness (QED) is 0.600. The maximum Gasteiger partial charge on any atom is 0.309 e. The van der Waals surface area contributed by atoms with Crippen LogP contribution in [0.25, 0.3) is 0 Å². The Kier molecular flexibility index (Phi) is 7.07. The van der Waals surface area contributed by atoms with E-state index >= 15 is 0 Å². The van der Waals surface area contributed by atoms with Gasteiger partial charge in [0.2, 0.25) is 0 Å². The fourth-order valence-corrected chi connectivity index (χ4v) is 5.55. The van der Waals surface area contributed by atoms with Crippen molar-refractivity contribution < 1.29 is 27.5 Å². The van der Waals surface area contributed by atoms with Gasteiger partial charge in [0.05, 0.1) is 18.1 Å². The summed E-state index contributed by atoms with van der Waals surface area (Å²) in [5, 5.41) is 0.0155. The third kappa shape index (κ3) is 5.27. The number of hydrogen-bond acceptors (Lipinski definition) is 7. The van der Waals surface area contributed by atoms with Gasteiger partial charge in [-0.05, 0) is 40.5 Å². The molecular formula is C20H32N4O6S. The molecule has 1 aromatic heterocycles. The highest BCUT2D eigenvalue weighted by Gasteiger charge is 2.36. The topological polar surface area (TPSA) is 111 Å². The van der Waals surface area contributed by atoms with E-state index in [9.17, 15) is 18.0 Å². The van der Waals surface area contributed by atoms with Crippen LogP contribution >= 0.6 is 0 Å². The average Bonchev–Trinajstić information content (AvgIpc) is 3.06. The third-order valence-corrected chi connectivity index (χ3v) is 7.62. The number of amides is 1. The Bertz CT molecular complexity index is 893. The van der Waals surface area contributed by atoms with Gasteiger partial charge in [0.25, 0.3) is 15.9 Å². The Balaban J connectivity index is 1.53. The minimum Gasteiger partial charge on any atom is -0.452 e. The molecule has 2 aliphatic heterocycles. The fraction of sp³-hybridized carbons (Fsp3) is 0.750. The Morgan fingerprint density at radius 2 is 1.77 bits per heavy atom. The predicted molar refractivity (Wildman–Crippen MR) is 112 cm³/mol. The normalized spacial score (nSPS) is 24.7. The van der Waals surface area contributed by atoms with Crippen molar-refractivity contribution in [3.8, 4) is 0 Å². The summed E-state index contributed by atoms with van der Waals surface area (Å²) in [7, 11) is -1.96. The maximum atomic E-state index is 12.8. The van der Waals surface area contributed by atoms with Crippen molar-refractivity contribution in [2.75, 3.05) is 26.2 Å². The van der Waals surface area contributed by atoms with Gasteiger partial charge in [-0.3, -0.25) is 9.59 Å². The second-order valence-electron chi connectivity index (χ2n) is 8.50. The van der Waals surface area contributed by atoms with Crippen molar-refractivity contribution in [1.29, 1.82) is 0 Å². The number of carbonyl (C=O) groups excluding carboxylic acids is 2. The highest BCUT2D eigenvalue weighted by Crippen LogP contribution is 2.25. The average molecular weight is 457 g/mol. The summed E-state index contributed by atoms with van der Waals surface area (Å²) in [5.41, 5.74) is 0. The summed E-state index contributed by atoms with van der Waals surface area (Å²) in [6, 6.07) is 0. The van der Waals surface area contributed by atoms with Crippen LogP contribution in [0.1, 0.15) is 39.4 Å². The SMILES string of the molecule is Cc1nc(S(=O)(=O)N2CCC(C(=O)OC(C)C(=O)N3CC(C)OC(C)C3)CC2)cn1C. The van der Waals surface area contributed by atoms with Gasteiger partial charge in [-0.1, -0.05) is 0 Å². The number of hydrogen-bond donors (Lipinski definition) is 0. The van der Waals surface area contributed by atoms with Gasteiger partial charge in [0.1, 0.15) is 5.82 Å². The van der Waals surface area contributed by atoms with Gasteiger partial charge in [-0.15, -0.1) is 0 Å². The van der Waals surface area contributed by atoms with Crippen LogP contribution in [-0.4, -0.2) is 83.5 Å². The molecule has 3 atom stereocenters. The predicted octanol–water partition coefficient (Wildman–Crippen LogP) is 0.697. The first-order valence-corrected chi connectivity index (χ1v) is 12.1. The molecule has 1 amide bonds. The molecule has 1 aromatic rings. The Hall–Kier alpha value is -1.98. The Morgan fingerprint density at radius 3 is 2.29 bits per heavy atom. The van der Waals surface area contributed by atoms with Gasteiger partial charge in [-0.2, -0.15) is 4.31 Å². The number of imidazole rings is 1. The molecule has 2 aliphatic rings. The number of esters is 1. The second kappa shape index (κ2) is 9.25. The van der Waals surface area contributed by atoms with Crippen molar-refractivity contribution in [2.45, 2.75) is 63.9 Å². The molecule has 0 radical (unpaired) electrons. The van der Waals surface area contributed by atoms with Crippen molar-refractivity contribution in [3.63, 3.8) is 0 Å². The van der Waals surface area contributed by atoms with Gasteiger partial charge >= 0.3 is 5.97 Å². The zero-order valence-corrected chi connectivity index (χ0v) is 19.6. The van der Waals surface area contributed by atoms with Crippen LogP contribution in [-0.2, 0) is 36.1 Å². The lowest BCUT2D eigenvalue weighted by atomic mass is 9.98. The van der Waals surface area contributed by atoms with Crippen LogP contribution in [0.2, 0.25) is 0 Å². The second-order valence-corrected chi connectivity index (χ2v) is 10.4. The number of nitrogens with zero attached hydrogens (tertiary/aromatic N) is 4. The number of ether oxygens (including phenoxy) is 2. The molecule has 0 N–H and O–H groups in total. The van der Waals surface area contributed by atoms with E-state index in [1.165, 1.54) is 10.5 Å². The molecule has 0 bridgehead atoms. The zero-order valence-electron chi connectivity index (χ0n) is 18.8. The van der Waals surface area contributed by atoms with Gasteiger partial charge in [0.15, 0.2) is 11.1 Å². The van der Waals surface area contributed by atoms with E-state index in [4.69, 9.17) is 9.47 Å². The highest BCUT2D eigenvalue weighted by atomic mass is 32.2. The molecule has 0 aliphatic carbocycles. The van der Waals surface area contributed by atoms with Crippen LogP contribution < -0.4 is 0 Å². The van der Waals surface area contributed by atoms with Gasteiger partial charge in [0, 0.05) is 39.4 Å². The Labute approximate surface area is 183 Å². The molecule has 10 nitrogen and oxygen atoms in total. The first kappa shape index (κ1) is 23.7. The summed E-state index contributed by atoms with van der Waals surface area (Å²) >= 11 is 0. The summed E-state index contributed by atoms with van der Waals surface area (Å²) in [4.78, 5) is 31.1. The molecule has 174 valence electrons. The molecule has 0 spiro atoms. The molecule has 0 aromatic carbocycles. The minimum absolute atomic E-state index is 0.0155. The van der Waals surface area contributed by atoms with Crippen LogP contribution in [0.4, 0.5) is 0 Å². The van der Waals surface area contributed by atoms with Crippen LogP contribution in [0.15, 0.2) is 11.2 Å². The van der Waals surface area contributed by atoms with Gasteiger partial charge in [-0.25, -0.2) is 13.4 Å². The highest BCUT2D eigenvalue weighted by molar-refractivity contribution is 7.89. The number of piperidine rings is 1. The standard InChI is InChI=1S/C20H32N4O6S/c1-13-10-23(11-14(2)29-13)19(25)15(3)30-20(26)17-6-8-24(9-7-17)31(27,28)18-12-22(5)16(4)21-18/h12-15,17H,6-11H2,1-5H3. The molecule has 11 heteroatoms. The van der Waals surface area contributed by atoms with E-state index in [1.54, 1.807) is 30.4 Å². The lowest BCUT2D eigenvalue weighted by Gasteiger charge is -2.36. The fourth-order valence-electron chi connectivity index (χ4n) is 4.05. The molecule has 2 saturated heterocycles. The summed E-state index contributed by atoms with van der Waals surface area (Å²) in [6.45, 7) is 8.47. The zero-order chi connectivity index (χ0) is 22.9. The molecule has 3 unspecified atom stereocenters. The number of carbonyl (C=O) groups is 2. The number of aryl methyl sites for hydroxylation is 2. The van der Waals surface area contributed by atoms with E-state index in [1.807, 2.05) is 13.8 Å². The molecule has 3 rings (SSSR count). The van der Waals surface area contributed by atoms with Gasteiger partial charge < -0.3 is 18.9 Å². The van der Waals surface area contributed by atoms with Crippen molar-refractivity contribution >= 4 is 21.9 Å². The third-order valence-electron chi connectivity index (χ3n) is 5.85. The largest absolute Gasteiger partial charge is 0.452 e. The molecule has 2 fully saturated rings. The number of morpholine rings is 1. The van der Waals surface area contributed by atoms with E-state index in [0.717, 1.165) is 0 Å². The monoisotopic (exact) mass is 456 g/mol. The molecule has 3 heterocycles. The summed E-state index contributed by atoms with van der Waals surface area (Å²) < 4.78 is 39.7. The van der Waals surface area contributed by atoms with Crippen molar-refractivity contribution in [3.05, 3.63) is 12.0 Å². The first-order chi connectivity index (χ1) is 14.5. The van der Waals surface area contributed by atoms with E-state index in [-0.39, 0.29) is 36.2 Å². The Morgan fingerprint density at radius 1 is 1.19 bits per heavy atom. The maximum absolute atomic E-state index is 12.8. The first-order valence-electron chi connectivity index (χ1n) is 10.6. The van der Waals surface area contributed by atoms with Crippen LogP contribution in [0.3, 0.4) is 0 Å². The summed E-state index contributed by atoms with van der Waals surface area (Å²) in [5.74, 6) is -0.517. The van der Waals surface area contributed by atoms with Crippen LogP contribution in [0.5, 0.6) is 0 Å². The van der Waals surface area contributed by atoms with Crippen molar-refractivity contribution in [1.82, 2.24) is 18.8 Å². The molecular weight excluding hydrogens is 424 g/mol. The van der Waals surface area contributed by atoms with Crippen LogP contribution in [0, 0.1) is 12.8 Å².